The van der Waals surface area contributed by atoms with Crippen LogP contribution in [-0.4, -0.2) is 166 Å². The predicted molar refractivity (Wildman–Crippen MR) is 543 cm³/mol. The summed E-state index contributed by atoms with van der Waals surface area (Å²) in [5, 5.41) is 27.6. The third kappa shape index (κ3) is 31.0. The van der Waals surface area contributed by atoms with Crippen molar-refractivity contribution in [1.82, 2.24) is 14.7 Å². The van der Waals surface area contributed by atoms with Gasteiger partial charge in [0.05, 0.1) is 22.4 Å². The fourth-order valence-corrected chi connectivity index (χ4v) is 22.3. The van der Waals surface area contributed by atoms with Gasteiger partial charge in [-0.25, -0.2) is 0 Å². The molecule has 6 fully saturated rings. The molecule has 14 rings (SSSR count). The molecule has 1 radical (unpaired) electrons. The van der Waals surface area contributed by atoms with Crippen molar-refractivity contribution in [2.45, 2.75) is 403 Å². The molecule has 5 aliphatic heterocycles. The lowest BCUT2D eigenvalue weighted by atomic mass is 9.63. The average Bonchev–Trinajstić information content (AvgIpc) is 1.76. The van der Waals surface area contributed by atoms with Crippen LogP contribution in [0.5, 0.6) is 0 Å². The molecule has 727 valence electrons. The maximum atomic E-state index is 13.8. The lowest BCUT2D eigenvalue weighted by Gasteiger charge is -2.44. The smallest absolute Gasteiger partial charge is 0.480 e. The van der Waals surface area contributed by atoms with Gasteiger partial charge in [0, 0.05) is 66.5 Å². The van der Waals surface area contributed by atoms with Crippen LogP contribution in [0.2, 0.25) is 12.6 Å². The van der Waals surface area contributed by atoms with E-state index >= 15 is 0 Å². The number of rotatable bonds is 30. The van der Waals surface area contributed by atoms with E-state index in [-0.39, 0.29) is 86.7 Å². The number of aliphatic carboxylic acids is 1. The van der Waals surface area contributed by atoms with E-state index in [1.54, 1.807) is 0 Å². The van der Waals surface area contributed by atoms with Gasteiger partial charge < -0.3 is 39.5 Å². The number of hydrogen-bond donors (Lipinski definition) is 4. The third-order valence-corrected chi connectivity index (χ3v) is 32.4. The van der Waals surface area contributed by atoms with E-state index in [0.717, 1.165) is 142 Å². The molecule has 0 bridgehead atoms. The lowest BCUT2D eigenvalue weighted by molar-refractivity contribution is -0.147. The fraction of sp³-hybridized carbons (Fsp3) is 0.703. The molecule has 16 nitrogen and oxygen atoms in total. The Morgan fingerprint density at radius 3 is 1.03 bits per heavy atom. The zero-order chi connectivity index (χ0) is 95.5. The van der Waals surface area contributed by atoms with E-state index in [1.165, 1.54) is 110 Å². The Morgan fingerprint density at radius 2 is 0.740 bits per heavy atom. The number of carbonyl (C=O) groups is 5. The summed E-state index contributed by atoms with van der Waals surface area (Å²) in [5.74, 6) is 2.37. The van der Waals surface area contributed by atoms with Crippen molar-refractivity contribution in [2.24, 2.45) is 61.9 Å². The van der Waals surface area contributed by atoms with Crippen molar-refractivity contribution >= 4 is 63.4 Å². The Morgan fingerprint density at radius 1 is 0.443 bits per heavy atom. The van der Waals surface area contributed by atoms with E-state index < -0.39 is 18.6 Å². The molecule has 131 heavy (non-hydrogen) atoms. The summed E-state index contributed by atoms with van der Waals surface area (Å²) in [6, 6.07) is 36.3. The highest BCUT2D eigenvalue weighted by atomic mass is 35.5. The molecular weight excluding hydrogens is 1650 g/mol. The van der Waals surface area contributed by atoms with Gasteiger partial charge in [0.25, 0.3) is 0 Å². The third-order valence-electron chi connectivity index (χ3n) is 32.4. The quantitative estimate of drug-likeness (QED) is 0.0217. The Bertz CT molecular complexity index is 4180. The topological polar surface area (TPSA) is 219 Å². The molecule has 1 saturated carbocycles. The Labute approximate surface area is 801 Å². The van der Waals surface area contributed by atoms with E-state index in [4.69, 9.17) is 34.4 Å². The molecule has 5 N–H and O–H groups in total. The minimum Gasteiger partial charge on any atom is -0.480 e. The SMILES string of the molecule is C=CCCC(C)(C(=O)CC(C)(C)C)C1CCCCC1.C=CCCC(C)(C(=O)CC(C)(C)C)C1CCN(C2Cc3ccccc3C2)CC1.CC(C)(C)CC(=O)C(C)(CCCCB1OC(C)(C)C(C)(C)O1)C1CCN(C2Cc3ccccc3C2)CC1.CC1(C)O[B]OC1(C)C.Cl.NC(CCCCB(O)O)(C(=O)O)C1CCN(C2Cc3ccccc3C2)CC1.O=C1Cc2ccccc2C1. The molecule has 0 spiro atoms. The number of carboxylic acid groups (broad SMARTS) is 1. The fourth-order valence-electron chi connectivity index (χ4n) is 22.3. The first-order valence-corrected chi connectivity index (χ1v) is 50.7. The van der Waals surface area contributed by atoms with Gasteiger partial charge in [-0.3, -0.25) is 38.7 Å². The van der Waals surface area contributed by atoms with Crippen molar-refractivity contribution in [3.63, 3.8) is 0 Å². The van der Waals surface area contributed by atoms with Gasteiger partial charge in [-0.05, 0) is 320 Å². The van der Waals surface area contributed by atoms with Crippen LogP contribution in [-0.2, 0) is 94.0 Å². The summed E-state index contributed by atoms with van der Waals surface area (Å²) >= 11 is 0. The zero-order valence-corrected chi connectivity index (χ0v) is 86.0. The maximum Gasteiger partial charge on any atom is 0.488 e. The van der Waals surface area contributed by atoms with Crippen LogP contribution in [0.25, 0.3) is 0 Å². The van der Waals surface area contributed by atoms with Crippen LogP contribution in [0.4, 0.5) is 0 Å². The van der Waals surface area contributed by atoms with Crippen LogP contribution < -0.4 is 5.73 Å². The van der Waals surface area contributed by atoms with Crippen LogP contribution >= 0.6 is 12.4 Å². The second-order valence-corrected chi connectivity index (χ2v) is 47.2. The summed E-state index contributed by atoms with van der Waals surface area (Å²) in [4.78, 5) is 70.7. The molecule has 4 unspecified atom stereocenters. The number of benzene rings is 4. The van der Waals surface area contributed by atoms with E-state index in [1.807, 2.05) is 64.1 Å². The van der Waals surface area contributed by atoms with E-state index in [0.29, 0.717) is 110 Å². The van der Waals surface area contributed by atoms with Crippen LogP contribution in [0.1, 0.15) is 337 Å². The molecule has 20 heteroatoms. The molecule has 4 aromatic carbocycles. The van der Waals surface area contributed by atoms with Crippen molar-refractivity contribution in [2.75, 3.05) is 39.3 Å². The maximum absolute atomic E-state index is 13.8. The monoisotopic (exact) mass is 1820 g/mol. The highest BCUT2D eigenvalue weighted by Crippen LogP contribution is 2.49. The first kappa shape index (κ1) is 111. The number of nitrogens with zero attached hydrogens (tertiary/aromatic N) is 3. The van der Waals surface area contributed by atoms with Gasteiger partial charge in [-0.1, -0.05) is 237 Å². The van der Waals surface area contributed by atoms with Crippen LogP contribution in [0.15, 0.2) is 122 Å². The average molecular weight is 1830 g/mol. The summed E-state index contributed by atoms with van der Waals surface area (Å²) in [6.07, 6.45) is 36.4. The highest BCUT2D eigenvalue weighted by Gasteiger charge is 2.53. The number of likely N-dealkylation sites (tertiary alicyclic amines) is 3. The number of unbranched alkanes of at least 4 members (excludes halogenated alkanes) is 2. The summed E-state index contributed by atoms with van der Waals surface area (Å²) in [6.45, 7) is 56.9. The number of carbonyl (C=O) groups excluding carboxylic acids is 4. The molecule has 0 aromatic heterocycles. The number of ketones is 4. The Balaban J connectivity index is 0.000000204. The van der Waals surface area contributed by atoms with E-state index in [2.05, 4.69) is 211 Å². The number of piperidine rings is 3. The van der Waals surface area contributed by atoms with Crippen molar-refractivity contribution in [3.8, 4) is 0 Å². The van der Waals surface area contributed by atoms with E-state index in [9.17, 15) is 29.1 Å². The molecule has 5 heterocycles. The number of hydrogen-bond acceptors (Lipinski definition) is 15. The van der Waals surface area contributed by atoms with Gasteiger partial charge in [0.2, 0.25) is 0 Å². The Hall–Kier alpha value is -5.41. The van der Waals surface area contributed by atoms with Crippen molar-refractivity contribution in [3.05, 3.63) is 167 Å². The predicted octanol–water partition coefficient (Wildman–Crippen LogP) is 22.7. The molecule has 4 atom stereocenters. The number of Topliss-reactive ketones (excluding diaryl/α,β-unsaturated/α-hetero) is 4. The molecule has 5 saturated heterocycles. The van der Waals surface area contributed by atoms with Gasteiger partial charge >= 0.3 is 27.9 Å². The number of allylic oxidation sites excluding steroid dienone is 2. The van der Waals surface area contributed by atoms with Crippen LogP contribution in [0, 0.1) is 56.2 Å². The Kier molecular flexibility index (Phi) is 40.9. The number of fused-ring (bicyclic) bond motifs is 4. The minimum atomic E-state index is -1.33. The van der Waals surface area contributed by atoms with Gasteiger partial charge in [-0.15, -0.1) is 25.6 Å². The van der Waals surface area contributed by atoms with Gasteiger partial charge in [0.1, 0.15) is 28.7 Å². The molecule has 4 aromatic rings. The number of halogens is 1. The second-order valence-electron chi connectivity index (χ2n) is 47.2. The summed E-state index contributed by atoms with van der Waals surface area (Å²) in [5.41, 5.74) is 15.3. The second kappa shape index (κ2) is 48.3. The normalized spacial score (nSPS) is 22.0. The standard InChI is InChI=1S/C32H52BNO3.C26H39NO.C20H31BN2O4.C18H32O.C9H8O.C6H12BO2.ClH/c1-29(2,3)23-28(35)32(8,17-11-12-18-33-36-30(4,5)31(6,7)37-33)26-15-19-34(20-16-26)27-21-24-13-9-10-14-25(24)22-27;1-6-7-14-26(5,24(28)19-25(2,3)4)22-12-15-27(16-13-22)23-17-20-10-8-9-11-21(20)18-23;22-20(19(24)25,9-3-4-10-21(26)27)17-7-11-23(12-8-17)18-13-15-5-1-2-6-16(15)14-18;1-6-7-13-18(5,15-11-9-8-10-12-15)16(19)14-17(2,3)4;10-9-5-7-3-1-2-4-8(7)6-9;1-5(2)6(3,4)9-7-8-5;/h9-10,13-14,26-27H,11-12,15-23H2,1-8H3;6,8-11,22-23H,1,7,12-19H2,2-5H3;1-2,5-6,17-18,26-27H,3-4,7-14,22H2,(H,24,25);6,15H,1,7-14H2,2-5H3;1-4H,5-6H2;1-4H3;1H. The van der Waals surface area contributed by atoms with Gasteiger partial charge in [0.15, 0.2) is 0 Å². The highest BCUT2D eigenvalue weighted by molar-refractivity contribution is 6.45. The largest absolute Gasteiger partial charge is 0.488 e. The lowest BCUT2D eigenvalue weighted by Crippen LogP contribution is -2.57. The summed E-state index contributed by atoms with van der Waals surface area (Å²) in [7, 11) is -0.0546. The molecule has 5 aliphatic carbocycles. The molecular formula is C111H175B3ClN4O12. The number of nitrogens with two attached hydrogens (primary N) is 1. The minimum absolute atomic E-state index is 0. The zero-order valence-electron chi connectivity index (χ0n) is 85.2. The van der Waals surface area contributed by atoms with Crippen molar-refractivity contribution < 1.29 is 57.7 Å². The first-order chi connectivity index (χ1) is 60.9. The first-order valence-electron chi connectivity index (χ1n) is 50.7. The molecule has 0 amide bonds. The molecule has 10 aliphatic rings. The van der Waals surface area contributed by atoms with Crippen LogP contribution in [0.3, 0.4) is 0 Å². The van der Waals surface area contributed by atoms with Gasteiger partial charge in [-0.2, -0.15) is 0 Å². The number of carboxylic acids is 1. The summed E-state index contributed by atoms with van der Waals surface area (Å²) < 4.78 is 22.8. The van der Waals surface area contributed by atoms with Crippen molar-refractivity contribution in [1.29, 1.82) is 0 Å².